The fraction of sp³-hybridized carbons (Fsp3) is 0.478. The summed E-state index contributed by atoms with van der Waals surface area (Å²) in [6.45, 7) is 10.3. The Morgan fingerprint density at radius 3 is 2.27 bits per heavy atom. The molecule has 1 aliphatic carbocycles. The predicted molar refractivity (Wildman–Crippen MR) is 105 cm³/mol. The Balaban J connectivity index is 2.24. The first-order valence-corrected chi connectivity index (χ1v) is 9.52. The molecule has 0 unspecified atom stereocenters. The van der Waals surface area contributed by atoms with Crippen LogP contribution in [0.2, 0.25) is 0 Å². The third-order valence-electron chi connectivity index (χ3n) is 5.18. The fourth-order valence-electron chi connectivity index (χ4n) is 3.79. The number of rotatable bonds is 6. The van der Waals surface area contributed by atoms with Gasteiger partial charge in [0.05, 0.1) is 7.11 Å². The van der Waals surface area contributed by atoms with Gasteiger partial charge in [0.2, 0.25) is 5.88 Å². The molecule has 138 valence electrons. The molecule has 1 aromatic carbocycles. The highest BCUT2D eigenvalue weighted by Gasteiger charge is 2.30. The molecule has 0 amide bonds. The van der Waals surface area contributed by atoms with Crippen molar-refractivity contribution in [3.63, 3.8) is 0 Å². The molecule has 3 nitrogen and oxygen atoms in total. The van der Waals surface area contributed by atoms with Gasteiger partial charge in [-0.3, -0.25) is 4.79 Å². The SMILES string of the molecule is COc1nc(C)c(CC2CC2)c(C(=O)c2cc(C)cc(C)c2)c1C(C)C. The highest BCUT2D eigenvalue weighted by Crippen LogP contribution is 2.39. The van der Waals surface area contributed by atoms with E-state index in [4.69, 9.17) is 9.72 Å². The quantitative estimate of drug-likeness (QED) is 0.661. The smallest absolute Gasteiger partial charge is 0.217 e. The zero-order valence-electron chi connectivity index (χ0n) is 16.8. The van der Waals surface area contributed by atoms with E-state index in [-0.39, 0.29) is 11.7 Å². The molecule has 0 aliphatic heterocycles. The summed E-state index contributed by atoms with van der Waals surface area (Å²) in [5.74, 6) is 1.54. The molecule has 1 saturated carbocycles. The molecule has 0 atom stereocenters. The Morgan fingerprint density at radius 1 is 1.15 bits per heavy atom. The molecule has 3 heteroatoms. The minimum atomic E-state index is 0.0972. The van der Waals surface area contributed by atoms with Crippen molar-refractivity contribution in [3.05, 3.63) is 57.3 Å². The van der Waals surface area contributed by atoms with Crippen molar-refractivity contribution < 1.29 is 9.53 Å². The van der Waals surface area contributed by atoms with Gasteiger partial charge >= 0.3 is 0 Å². The highest BCUT2D eigenvalue weighted by molar-refractivity contribution is 6.11. The molecule has 0 bridgehead atoms. The third kappa shape index (κ3) is 3.67. The number of aromatic nitrogens is 1. The number of hydrogen-bond donors (Lipinski definition) is 0. The van der Waals surface area contributed by atoms with Gasteiger partial charge in [0.25, 0.3) is 0 Å². The van der Waals surface area contributed by atoms with E-state index in [0.717, 1.165) is 45.5 Å². The monoisotopic (exact) mass is 351 g/mol. The molecular formula is C23H29NO2. The number of methoxy groups -OCH3 is 1. The van der Waals surface area contributed by atoms with Crippen LogP contribution in [0.3, 0.4) is 0 Å². The van der Waals surface area contributed by atoms with Gasteiger partial charge in [-0.05, 0) is 69.6 Å². The van der Waals surface area contributed by atoms with Crippen molar-refractivity contribution >= 4 is 5.78 Å². The van der Waals surface area contributed by atoms with E-state index < -0.39 is 0 Å². The average Bonchev–Trinajstić information content (AvgIpc) is 3.38. The lowest BCUT2D eigenvalue weighted by atomic mass is 9.86. The van der Waals surface area contributed by atoms with E-state index in [1.807, 2.05) is 32.9 Å². The number of ketones is 1. The van der Waals surface area contributed by atoms with Gasteiger partial charge in [-0.1, -0.05) is 31.0 Å². The molecule has 1 fully saturated rings. The van der Waals surface area contributed by atoms with Gasteiger partial charge in [-0.15, -0.1) is 0 Å². The van der Waals surface area contributed by atoms with E-state index in [9.17, 15) is 4.79 Å². The van der Waals surface area contributed by atoms with Gasteiger partial charge in [0, 0.05) is 22.4 Å². The second kappa shape index (κ2) is 7.22. The molecule has 0 radical (unpaired) electrons. The summed E-state index contributed by atoms with van der Waals surface area (Å²) in [6, 6.07) is 6.08. The van der Waals surface area contributed by atoms with Gasteiger partial charge < -0.3 is 4.74 Å². The second-order valence-corrected chi connectivity index (χ2v) is 7.98. The molecule has 1 aliphatic rings. The van der Waals surface area contributed by atoms with Gasteiger partial charge in [-0.25, -0.2) is 4.98 Å². The summed E-state index contributed by atoms with van der Waals surface area (Å²) < 4.78 is 5.57. The van der Waals surface area contributed by atoms with Crippen LogP contribution in [0.5, 0.6) is 5.88 Å². The normalized spacial score (nSPS) is 14.0. The molecule has 1 heterocycles. The zero-order chi connectivity index (χ0) is 19.0. The first-order chi connectivity index (χ1) is 12.3. The van der Waals surface area contributed by atoms with Crippen LogP contribution in [0.15, 0.2) is 18.2 Å². The molecule has 1 aromatic heterocycles. The Labute approximate surface area is 156 Å². The Hall–Kier alpha value is -2.16. The van der Waals surface area contributed by atoms with Gasteiger partial charge in [0.15, 0.2) is 5.78 Å². The zero-order valence-corrected chi connectivity index (χ0v) is 16.8. The first kappa shape index (κ1) is 18.6. The van der Waals surface area contributed by atoms with Crippen molar-refractivity contribution in [2.45, 2.75) is 59.8 Å². The lowest BCUT2D eigenvalue weighted by molar-refractivity contribution is 0.103. The number of hydrogen-bond acceptors (Lipinski definition) is 3. The standard InChI is InChI=1S/C23H29NO2/c1-13(2)20-21(22(25)18-10-14(3)9-15(4)11-18)19(12-17-7-8-17)16(5)24-23(20)26-6/h9-11,13,17H,7-8,12H2,1-6H3. The maximum absolute atomic E-state index is 13.6. The number of carbonyl (C=O) groups is 1. The average molecular weight is 351 g/mol. The molecule has 26 heavy (non-hydrogen) atoms. The number of benzene rings is 1. The summed E-state index contributed by atoms with van der Waals surface area (Å²) in [6.07, 6.45) is 3.44. The van der Waals surface area contributed by atoms with Gasteiger partial charge in [-0.2, -0.15) is 0 Å². The maximum atomic E-state index is 13.6. The summed E-state index contributed by atoms with van der Waals surface area (Å²) in [7, 11) is 1.64. The maximum Gasteiger partial charge on any atom is 0.217 e. The molecule has 3 rings (SSSR count). The van der Waals surface area contributed by atoms with E-state index >= 15 is 0 Å². The number of pyridine rings is 1. The number of carbonyl (C=O) groups excluding carboxylic acids is 1. The minimum absolute atomic E-state index is 0.0972. The van der Waals surface area contributed by atoms with Crippen LogP contribution in [-0.4, -0.2) is 17.9 Å². The van der Waals surface area contributed by atoms with Crippen molar-refractivity contribution in [1.82, 2.24) is 4.98 Å². The Kier molecular flexibility index (Phi) is 5.17. The van der Waals surface area contributed by atoms with Crippen molar-refractivity contribution in [2.75, 3.05) is 7.11 Å². The molecular weight excluding hydrogens is 322 g/mol. The number of aryl methyl sites for hydroxylation is 3. The largest absolute Gasteiger partial charge is 0.481 e. The van der Waals surface area contributed by atoms with Crippen LogP contribution < -0.4 is 4.74 Å². The lowest BCUT2D eigenvalue weighted by Crippen LogP contribution is -2.16. The molecule has 2 aromatic rings. The Morgan fingerprint density at radius 2 is 1.77 bits per heavy atom. The summed E-state index contributed by atoms with van der Waals surface area (Å²) in [5.41, 5.74) is 6.78. The van der Waals surface area contributed by atoms with Crippen LogP contribution in [0.1, 0.15) is 76.5 Å². The topological polar surface area (TPSA) is 39.2 Å². The summed E-state index contributed by atoms with van der Waals surface area (Å²) >= 11 is 0. The number of nitrogens with zero attached hydrogens (tertiary/aromatic N) is 1. The van der Waals surface area contributed by atoms with Gasteiger partial charge in [0.1, 0.15) is 0 Å². The van der Waals surface area contributed by atoms with Crippen LogP contribution >= 0.6 is 0 Å². The van der Waals surface area contributed by atoms with Crippen molar-refractivity contribution in [3.8, 4) is 5.88 Å². The molecule has 0 spiro atoms. The first-order valence-electron chi connectivity index (χ1n) is 9.52. The lowest BCUT2D eigenvalue weighted by Gasteiger charge is -2.21. The second-order valence-electron chi connectivity index (χ2n) is 7.98. The summed E-state index contributed by atoms with van der Waals surface area (Å²) in [5, 5.41) is 0. The summed E-state index contributed by atoms with van der Waals surface area (Å²) in [4.78, 5) is 18.3. The van der Waals surface area contributed by atoms with Crippen LogP contribution in [-0.2, 0) is 6.42 Å². The van der Waals surface area contributed by atoms with E-state index in [1.54, 1.807) is 7.11 Å². The van der Waals surface area contributed by atoms with Crippen LogP contribution in [0.25, 0.3) is 0 Å². The predicted octanol–water partition coefficient (Wildman–Crippen LogP) is 5.32. The Bertz CT molecular complexity index is 828. The van der Waals surface area contributed by atoms with E-state index in [2.05, 4.69) is 19.9 Å². The van der Waals surface area contributed by atoms with E-state index in [0.29, 0.717) is 11.8 Å². The van der Waals surface area contributed by atoms with E-state index in [1.165, 1.54) is 12.8 Å². The molecule has 0 saturated heterocycles. The van der Waals surface area contributed by atoms with Crippen LogP contribution in [0, 0.1) is 26.7 Å². The third-order valence-corrected chi connectivity index (χ3v) is 5.18. The number of ether oxygens (including phenoxy) is 1. The van der Waals surface area contributed by atoms with Crippen molar-refractivity contribution in [1.29, 1.82) is 0 Å². The highest BCUT2D eigenvalue weighted by atomic mass is 16.5. The molecule has 0 N–H and O–H groups in total. The van der Waals surface area contributed by atoms with Crippen LogP contribution in [0.4, 0.5) is 0 Å². The van der Waals surface area contributed by atoms with Crippen molar-refractivity contribution in [2.24, 2.45) is 5.92 Å². The fourth-order valence-corrected chi connectivity index (χ4v) is 3.79. The minimum Gasteiger partial charge on any atom is -0.481 e.